The van der Waals surface area contributed by atoms with Crippen LogP contribution in [0.5, 0.6) is 0 Å². The van der Waals surface area contributed by atoms with E-state index in [4.69, 9.17) is 24.9 Å². The van der Waals surface area contributed by atoms with Gasteiger partial charge >= 0.3 is 0 Å². The lowest BCUT2D eigenvalue weighted by molar-refractivity contribution is 1.08. The largest absolute Gasteiger partial charge is 0.226 e. The molecule has 7 aromatic carbocycles. The van der Waals surface area contributed by atoms with Gasteiger partial charge < -0.3 is 0 Å². The van der Waals surface area contributed by atoms with Crippen molar-refractivity contribution >= 4 is 94.7 Å². The number of nitrogens with zero attached hydrogens (tertiary/aromatic N) is 5. The summed E-state index contributed by atoms with van der Waals surface area (Å²) in [6.07, 6.45) is 0. The minimum absolute atomic E-state index is 0.638. The predicted octanol–water partition coefficient (Wildman–Crippen LogP) is 14.1. The number of hydrogen-bond donors (Lipinski definition) is 0. The van der Waals surface area contributed by atoms with Crippen LogP contribution in [0.3, 0.4) is 0 Å². The zero-order chi connectivity index (χ0) is 37.5. The Morgan fingerprint density at radius 2 is 0.877 bits per heavy atom. The van der Waals surface area contributed by atoms with Crippen LogP contribution in [0.25, 0.3) is 117 Å². The third kappa shape index (κ3) is 5.37. The summed E-state index contributed by atoms with van der Waals surface area (Å²) in [6.45, 7) is 0. The van der Waals surface area contributed by atoms with E-state index in [0.29, 0.717) is 17.5 Å². The van der Waals surface area contributed by atoms with Crippen LogP contribution in [-0.4, -0.2) is 24.9 Å². The number of fused-ring (bicyclic) bond motifs is 9. The molecule has 0 atom stereocenters. The lowest BCUT2D eigenvalue weighted by Crippen LogP contribution is -2.00. The van der Waals surface area contributed by atoms with Crippen LogP contribution in [-0.2, 0) is 0 Å². The molecule has 8 heteroatoms. The molecule has 0 fully saturated rings. The summed E-state index contributed by atoms with van der Waals surface area (Å²) in [5, 5.41) is 5.97. The highest BCUT2D eigenvalue weighted by molar-refractivity contribution is 7.27. The van der Waals surface area contributed by atoms with E-state index in [1.165, 1.54) is 35.6 Å². The van der Waals surface area contributed by atoms with Crippen LogP contribution in [0.2, 0.25) is 0 Å². The first-order valence-corrected chi connectivity index (χ1v) is 21.1. The van der Waals surface area contributed by atoms with Gasteiger partial charge in [0, 0.05) is 78.2 Å². The predicted molar refractivity (Wildman–Crippen MR) is 241 cm³/mol. The first kappa shape index (κ1) is 32.5. The number of benzene rings is 7. The molecule has 0 amide bonds. The van der Waals surface area contributed by atoms with Crippen LogP contribution in [0.15, 0.2) is 164 Å². The van der Waals surface area contributed by atoms with E-state index >= 15 is 0 Å². The Bertz CT molecular complexity index is 3530. The Kier molecular flexibility index (Phi) is 7.38. The minimum atomic E-state index is 0.638. The standard InChI is InChI=1S/C49H27N5S3/c1-3-12-28(13-4-1)42-45-43(35-17-8-10-21-39(35)56-45)51-49(50-42)36-19-11-18-34-33-24-22-31(27-41(33)57-44(34)36)48-53-46(29-14-5-2-6-15-29)52-47(54-48)30-23-25-40-37(26-30)32-16-7-9-20-38(32)55-40/h1-27H. The summed E-state index contributed by atoms with van der Waals surface area (Å²) in [7, 11) is 0. The normalized spacial score (nSPS) is 11.9. The molecular weight excluding hydrogens is 755 g/mol. The van der Waals surface area contributed by atoms with Crippen molar-refractivity contribution in [2.75, 3.05) is 0 Å². The van der Waals surface area contributed by atoms with Crippen molar-refractivity contribution in [1.29, 1.82) is 0 Å². The van der Waals surface area contributed by atoms with Crippen LogP contribution in [0.4, 0.5) is 0 Å². The molecule has 0 saturated carbocycles. The van der Waals surface area contributed by atoms with Crippen LogP contribution in [0, 0.1) is 0 Å². The molecule has 12 rings (SSSR count). The van der Waals surface area contributed by atoms with E-state index in [1.807, 2.05) is 35.6 Å². The maximum absolute atomic E-state index is 5.31. The van der Waals surface area contributed by atoms with Gasteiger partial charge in [-0.3, -0.25) is 0 Å². The molecule has 0 saturated heterocycles. The summed E-state index contributed by atoms with van der Waals surface area (Å²) < 4.78 is 7.14. The molecule has 0 aliphatic heterocycles. The third-order valence-corrected chi connectivity index (χ3v) is 14.1. The lowest BCUT2D eigenvalue weighted by atomic mass is 10.1. The van der Waals surface area contributed by atoms with E-state index in [0.717, 1.165) is 64.3 Å². The average Bonchev–Trinajstić information content (AvgIpc) is 3.97. The number of aromatic nitrogens is 5. The van der Waals surface area contributed by atoms with Crippen molar-refractivity contribution < 1.29 is 0 Å². The second-order valence-electron chi connectivity index (χ2n) is 14.0. The lowest BCUT2D eigenvalue weighted by Gasteiger charge is -2.09. The highest BCUT2D eigenvalue weighted by Gasteiger charge is 2.20. The minimum Gasteiger partial charge on any atom is -0.226 e. The summed E-state index contributed by atoms with van der Waals surface area (Å²) in [4.78, 5) is 25.9. The van der Waals surface area contributed by atoms with E-state index in [2.05, 4.69) is 140 Å². The second-order valence-corrected chi connectivity index (χ2v) is 17.2. The molecule has 5 heterocycles. The number of rotatable bonds is 5. The molecule has 266 valence electrons. The van der Waals surface area contributed by atoms with Gasteiger partial charge in [-0.1, -0.05) is 121 Å². The molecule has 5 nitrogen and oxygen atoms in total. The fourth-order valence-corrected chi connectivity index (χ4v) is 11.3. The first-order valence-electron chi connectivity index (χ1n) is 18.7. The maximum Gasteiger partial charge on any atom is 0.164 e. The summed E-state index contributed by atoms with van der Waals surface area (Å²) in [5.74, 6) is 2.66. The van der Waals surface area contributed by atoms with E-state index in [-0.39, 0.29) is 0 Å². The Morgan fingerprint density at radius 3 is 1.67 bits per heavy atom. The van der Waals surface area contributed by atoms with E-state index < -0.39 is 0 Å². The Morgan fingerprint density at radius 1 is 0.298 bits per heavy atom. The molecule has 0 N–H and O–H groups in total. The van der Waals surface area contributed by atoms with Gasteiger partial charge in [-0.15, -0.1) is 34.0 Å². The monoisotopic (exact) mass is 781 g/mol. The van der Waals surface area contributed by atoms with Crippen molar-refractivity contribution in [3.63, 3.8) is 0 Å². The molecule has 0 unspecified atom stereocenters. The van der Waals surface area contributed by atoms with Crippen molar-refractivity contribution in [3.05, 3.63) is 164 Å². The van der Waals surface area contributed by atoms with Gasteiger partial charge in [0.05, 0.1) is 15.9 Å². The van der Waals surface area contributed by atoms with Gasteiger partial charge in [0.15, 0.2) is 23.3 Å². The zero-order valence-electron chi connectivity index (χ0n) is 30.0. The summed E-state index contributed by atoms with van der Waals surface area (Å²) in [6, 6.07) is 57.3. The van der Waals surface area contributed by atoms with E-state index in [1.54, 1.807) is 22.7 Å². The van der Waals surface area contributed by atoms with Gasteiger partial charge in [0.25, 0.3) is 0 Å². The Labute approximate surface area is 338 Å². The fraction of sp³-hybridized carbons (Fsp3) is 0. The topological polar surface area (TPSA) is 64.5 Å². The van der Waals surface area contributed by atoms with Crippen molar-refractivity contribution in [1.82, 2.24) is 24.9 Å². The molecule has 0 bridgehead atoms. The number of thiophene rings is 3. The van der Waals surface area contributed by atoms with Crippen LogP contribution >= 0.6 is 34.0 Å². The quantitative estimate of drug-likeness (QED) is 0.174. The highest BCUT2D eigenvalue weighted by atomic mass is 32.1. The fourth-order valence-electron chi connectivity index (χ4n) is 7.83. The van der Waals surface area contributed by atoms with E-state index in [9.17, 15) is 0 Å². The highest BCUT2D eigenvalue weighted by Crippen LogP contribution is 2.44. The third-order valence-electron chi connectivity index (χ3n) is 10.6. The molecule has 0 radical (unpaired) electrons. The molecule has 5 aromatic heterocycles. The molecule has 0 spiro atoms. The van der Waals surface area contributed by atoms with Crippen molar-refractivity contribution in [2.45, 2.75) is 0 Å². The molecule has 0 aliphatic carbocycles. The van der Waals surface area contributed by atoms with Crippen molar-refractivity contribution in [2.24, 2.45) is 0 Å². The van der Waals surface area contributed by atoms with Gasteiger partial charge in [-0.25, -0.2) is 24.9 Å². The maximum atomic E-state index is 5.31. The Hall–Kier alpha value is -6.71. The molecule has 57 heavy (non-hydrogen) atoms. The van der Waals surface area contributed by atoms with Gasteiger partial charge in [0.1, 0.15) is 0 Å². The van der Waals surface area contributed by atoms with Gasteiger partial charge in [-0.2, -0.15) is 0 Å². The Balaban J connectivity index is 1.02. The van der Waals surface area contributed by atoms with Crippen LogP contribution in [0.1, 0.15) is 0 Å². The zero-order valence-corrected chi connectivity index (χ0v) is 32.5. The summed E-state index contributed by atoms with van der Waals surface area (Å²) >= 11 is 5.33. The molecule has 12 aromatic rings. The second kappa shape index (κ2) is 12.9. The average molecular weight is 782 g/mol. The van der Waals surface area contributed by atoms with Crippen LogP contribution < -0.4 is 0 Å². The smallest absolute Gasteiger partial charge is 0.164 e. The number of hydrogen-bond acceptors (Lipinski definition) is 8. The first-order chi connectivity index (χ1) is 28.2. The SMILES string of the molecule is c1ccc(-c2nc(-c3ccc4c(c3)sc3c(-c5nc(-c6ccccc6)c6sc7ccccc7c6n5)cccc34)nc(-c3ccc4sc5ccccc5c4c3)n2)cc1. The summed E-state index contributed by atoms with van der Waals surface area (Å²) in [5.41, 5.74) is 6.91. The molecular formula is C49H27N5S3. The van der Waals surface area contributed by atoms with Gasteiger partial charge in [-0.05, 0) is 42.5 Å². The molecule has 0 aliphatic rings. The van der Waals surface area contributed by atoms with Gasteiger partial charge in [0.2, 0.25) is 0 Å². The van der Waals surface area contributed by atoms with Crippen molar-refractivity contribution in [3.8, 4) is 56.8 Å².